The summed E-state index contributed by atoms with van der Waals surface area (Å²) in [4.78, 5) is 28.7. The number of halogens is 1. The molecule has 0 radical (unpaired) electrons. The Morgan fingerprint density at radius 3 is 2.23 bits per heavy atom. The number of nitrogens with zero attached hydrogens (tertiary/aromatic N) is 2. The molecule has 208 valence electrons. The van der Waals surface area contributed by atoms with Gasteiger partial charge in [0, 0.05) is 18.1 Å². The van der Waals surface area contributed by atoms with Gasteiger partial charge in [0.2, 0.25) is 11.8 Å². The molecule has 1 unspecified atom stereocenters. The molecule has 39 heavy (non-hydrogen) atoms. The van der Waals surface area contributed by atoms with Crippen LogP contribution in [-0.4, -0.2) is 44.3 Å². The van der Waals surface area contributed by atoms with E-state index in [9.17, 15) is 18.0 Å². The predicted molar refractivity (Wildman–Crippen MR) is 156 cm³/mol. The fourth-order valence-corrected chi connectivity index (χ4v) is 5.91. The van der Waals surface area contributed by atoms with Crippen LogP contribution < -0.4 is 9.62 Å². The van der Waals surface area contributed by atoms with E-state index in [0.717, 1.165) is 21.9 Å². The number of carbonyl (C=O) groups is 2. The Kier molecular flexibility index (Phi) is 10.5. The van der Waals surface area contributed by atoms with Gasteiger partial charge in [-0.2, -0.15) is 0 Å². The van der Waals surface area contributed by atoms with Gasteiger partial charge in [-0.25, -0.2) is 8.42 Å². The van der Waals surface area contributed by atoms with E-state index in [0.29, 0.717) is 29.2 Å². The normalized spacial score (nSPS) is 12.0. The molecule has 0 saturated carbocycles. The lowest BCUT2D eigenvalue weighted by atomic mass is 10.1. The molecule has 0 fully saturated rings. The largest absolute Gasteiger partial charge is 0.354 e. The van der Waals surface area contributed by atoms with Gasteiger partial charge in [-0.15, -0.1) is 0 Å². The molecule has 0 heterocycles. The number of sulfonamides is 1. The van der Waals surface area contributed by atoms with Crippen LogP contribution in [0.25, 0.3) is 0 Å². The lowest BCUT2D eigenvalue weighted by Crippen LogP contribution is -2.52. The Balaban J connectivity index is 2.07. The number of amides is 2. The van der Waals surface area contributed by atoms with Crippen LogP contribution >= 0.6 is 11.6 Å². The van der Waals surface area contributed by atoms with Crippen molar-refractivity contribution < 1.29 is 18.0 Å². The maximum Gasteiger partial charge on any atom is 0.264 e. The third-order valence-electron chi connectivity index (χ3n) is 6.44. The van der Waals surface area contributed by atoms with Crippen molar-refractivity contribution in [3.63, 3.8) is 0 Å². The van der Waals surface area contributed by atoms with Crippen LogP contribution in [0.3, 0.4) is 0 Å². The standard InChI is InChI=1S/C30H36ClN3O4S/c1-5-18-32-30(36)27(6-2)33(20-24-14-16-25(31)17-15-24)29(35)21-34(28-19-22(3)12-13-23(28)4)39(37,38)26-10-8-7-9-11-26/h7-17,19,27H,5-6,18,20-21H2,1-4H3,(H,32,36). The smallest absolute Gasteiger partial charge is 0.264 e. The van der Waals surface area contributed by atoms with E-state index in [2.05, 4.69) is 5.32 Å². The molecule has 1 atom stereocenters. The van der Waals surface area contributed by atoms with E-state index in [1.165, 1.54) is 17.0 Å². The van der Waals surface area contributed by atoms with Crippen LogP contribution in [0.2, 0.25) is 5.02 Å². The molecule has 0 aliphatic carbocycles. The minimum absolute atomic E-state index is 0.0793. The number of anilines is 1. The third-order valence-corrected chi connectivity index (χ3v) is 8.47. The van der Waals surface area contributed by atoms with Crippen LogP contribution in [0.15, 0.2) is 77.7 Å². The van der Waals surface area contributed by atoms with E-state index in [1.54, 1.807) is 48.5 Å². The summed E-state index contributed by atoms with van der Waals surface area (Å²) in [5.41, 5.74) is 2.77. The second-order valence-corrected chi connectivity index (χ2v) is 11.8. The highest BCUT2D eigenvalue weighted by molar-refractivity contribution is 7.92. The fraction of sp³-hybridized carbons (Fsp3) is 0.333. The third kappa shape index (κ3) is 7.61. The van der Waals surface area contributed by atoms with Crippen molar-refractivity contribution in [2.45, 2.75) is 58.0 Å². The van der Waals surface area contributed by atoms with Crippen molar-refractivity contribution in [1.29, 1.82) is 0 Å². The number of hydrogen-bond acceptors (Lipinski definition) is 4. The van der Waals surface area contributed by atoms with Crippen LogP contribution in [0.1, 0.15) is 43.4 Å². The van der Waals surface area contributed by atoms with Gasteiger partial charge in [0.25, 0.3) is 10.0 Å². The first-order valence-electron chi connectivity index (χ1n) is 13.0. The number of rotatable bonds is 12. The maximum atomic E-state index is 14.1. The molecule has 3 rings (SSSR count). The average molecular weight is 570 g/mol. The SMILES string of the molecule is CCCNC(=O)C(CC)N(Cc1ccc(Cl)cc1)C(=O)CN(c1cc(C)ccc1C)S(=O)(=O)c1ccccc1. The van der Waals surface area contributed by atoms with Crippen molar-refractivity contribution in [3.8, 4) is 0 Å². The number of nitrogens with one attached hydrogen (secondary N) is 1. The van der Waals surface area contributed by atoms with Crippen molar-refractivity contribution in [3.05, 3.63) is 94.5 Å². The predicted octanol–water partition coefficient (Wildman–Crippen LogP) is 5.49. The first kappa shape index (κ1) is 30.2. The zero-order chi connectivity index (χ0) is 28.6. The average Bonchev–Trinajstić information content (AvgIpc) is 2.93. The molecule has 0 aliphatic rings. The Morgan fingerprint density at radius 2 is 1.62 bits per heavy atom. The summed E-state index contributed by atoms with van der Waals surface area (Å²) < 4.78 is 29.0. The Hall–Kier alpha value is -3.36. The maximum absolute atomic E-state index is 14.1. The van der Waals surface area contributed by atoms with E-state index in [1.807, 2.05) is 39.8 Å². The zero-order valence-corrected chi connectivity index (χ0v) is 24.4. The van der Waals surface area contributed by atoms with Crippen molar-refractivity contribution in [1.82, 2.24) is 10.2 Å². The monoisotopic (exact) mass is 569 g/mol. The van der Waals surface area contributed by atoms with Gasteiger partial charge >= 0.3 is 0 Å². The molecule has 9 heteroatoms. The summed E-state index contributed by atoms with van der Waals surface area (Å²) in [5, 5.41) is 3.44. The highest BCUT2D eigenvalue weighted by Crippen LogP contribution is 2.28. The van der Waals surface area contributed by atoms with Gasteiger partial charge in [-0.05, 0) is 73.7 Å². The number of hydrogen-bond donors (Lipinski definition) is 1. The van der Waals surface area contributed by atoms with E-state index >= 15 is 0 Å². The van der Waals surface area contributed by atoms with Gasteiger partial charge in [-0.1, -0.05) is 67.9 Å². The van der Waals surface area contributed by atoms with Gasteiger partial charge < -0.3 is 10.2 Å². The second-order valence-electron chi connectivity index (χ2n) is 9.48. The Labute approximate surface area is 236 Å². The quantitative estimate of drug-likeness (QED) is 0.313. The van der Waals surface area contributed by atoms with E-state index in [-0.39, 0.29) is 17.3 Å². The van der Waals surface area contributed by atoms with Crippen LogP contribution in [0.4, 0.5) is 5.69 Å². The van der Waals surface area contributed by atoms with E-state index in [4.69, 9.17) is 11.6 Å². The fourth-order valence-electron chi connectivity index (χ4n) is 4.29. The summed E-state index contributed by atoms with van der Waals surface area (Å²) in [5.74, 6) is -0.755. The molecule has 3 aromatic carbocycles. The van der Waals surface area contributed by atoms with Crippen LogP contribution in [0, 0.1) is 13.8 Å². The van der Waals surface area contributed by atoms with Crippen molar-refractivity contribution in [2.24, 2.45) is 0 Å². The molecule has 0 spiro atoms. The molecule has 2 amide bonds. The minimum atomic E-state index is -4.10. The highest BCUT2D eigenvalue weighted by Gasteiger charge is 2.34. The molecule has 3 aromatic rings. The molecular formula is C30H36ClN3O4S. The summed E-state index contributed by atoms with van der Waals surface area (Å²) >= 11 is 6.06. The van der Waals surface area contributed by atoms with Gasteiger partial charge in [0.05, 0.1) is 10.6 Å². The van der Waals surface area contributed by atoms with Crippen LogP contribution in [-0.2, 0) is 26.2 Å². The molecular weight excluding hydrogens is 534 g/mol. The Morgan fingerprint density at radius 1 is 0.949 bits per heavy atom. The number of carbonyl (C=O) groups excluding carboxylic acids is 2. The number of benzene rings is 3. The first-order valence-corrected chi connectivity index (χ1v) is 14.9. The van der Waals surface area contributed by atoms with Gasteiger partial charge in [-0.3, -0.25) is 13.9 Å². The molecule has 0 aromatic heterocycles. The first-order chi connectivity index (χ1) is 18.6. The van der Waals surface area contributed by atoms with Crippen molar-refractivity contribution in [2.75, 3.05) is 17.4 Å². The topological polar surface area (TPSA) is 86.8 Å². The van der Waals surface area contributed by atoms with Gasteiger partial charge in [0.1, 0.15) is 12.6 Å². The van der Waals surface area contributed by atoms with Crippen LogP contribution in [0.5, 0.6) is 0 Å². The molecule has 0 bridgehead atoms. The second kappa shape index (κ2) is 13.6. The van der Waals surface area contributed by atoms with Crippen molar-refractivity contribution >= 4 is 39.1 Å². The zero-order valence-electron chi connectivity index (χ0n) is 22.9. The summed E-state index contributed by atoms with van der Waals surface area (Å²) in [6.45, 7) is 7.61. The minimum Gasteiger partial charge on any atom is -0.354 e. The number of aryl methyl sites for hydroxylation is 2. The Bertz CT molecular complexity index is 1380. The molecule has 0 aliphatic heterocycles. The lowest BCUT2D eigenvalue weighted by Gasteiger charge is -2.33. The molecule has 0 saturated heterocycles. The molecule has 1 N–H and O–H groups in total. The summed E-state index contributed by atoms with van der Waals surface area (Å²) in [6.07, 6.45) is 1.12. The lowest BCUT2D eigenvalue weighted by molar-refractivity contribution is -0.140. The highest BCUT2D eigenvalue weighted by atomic mass is 35.5. The van der Waals surface area contributed by atoms with E-state index < -0.39 is 28.5 Å². The van der Waals surface area contributed by atoms with Gasteiger partial charge in [0.15, 0.2) is 0 Å². The molecule has 7 nitrogen and oxygen atoms in total. The summed E-state index contributed by atoms with van der Waals surface area (Å²) in [6, 6.07) is 19.8. The summed E-state index contributed by atoms with van der Waals surface area (Å²) in [7, 11) is -4.10.